The lowest BCUT2D eigenvalue weighted by Gasteiger charge is -2.09. The third kappa shape index (κ3) is 3.28. The number of rotatable bonds is 3. The summed E-state index contributed by atoms with van der Waals surface area (Å²) < 4.78 is 14.0. The zero-order valence-corrected chi connectivity index (χ0v) is 12.6. The highest BCUT2D eigenvalue weighted by molar-refractivity contribution is 9.10. The fourth-order valence-corrected chi connectivity index (χ4v) is 2.17. The van der Waals surface area contributed by atoms with E-state index in [1.165, 1.54) is 18.2 Å². The van der Waals surface area contributed by atoms with Gasteiger partial charge in [-0.05, 0) is 52.7 Å². The molecule has 0 aliphatic carbocycles. The maximum absolute atomic E-state index is 13.8. The number of halogens is 2. The average molecular weight is 352 g/mol. The zero-order chi connectivity index (χ0) is 15.6. The minimum Gasteiger partial charge on any atom is -0.478 e. The Labute approximate surface area is 128 Å². The second-order valence-corrected chi connectivity index (χ2v) is 5.24. The number of benzene rings is 2. The van der Waals surface area contributed by atoms with Crippen LogP contribution in [0.2, 0.25) is 0 Å². The molecule has 0 atom stereocenters. The molecule has 0 aliphatic rings. The summed E-state index contributed by atoms with van der Waals surface area (Å²) in [6.45, 7) is 1.66. The summed E-state index contributed by atoms with van der Waals surface area (Å²) in [6.07, 6.45) is 0. The first-order valence-corrected chi connectivity index (χ1v) is 6.78. The number of carboxylic acid groups (broad SMARTS) is 1. The lowest BCUT2D eigenvalue weighted by atomic mass is 10.1. The van der Waals surface area contributed by atoms with Crippen LogP contribution in [0.5, 0.6) is 0 Å². The Morgan fingerprint density at radius 3 is 2.57 bits per heavy atom. The van der Waals surface area contributed by atoms with E-state index in [1.807, 2.05) is 0 Å². The first kappa shape index (κ1) is 15.2. The summed E-state index contributed by atoms with van der Waals surface area (Å²) in [4.78, 5) is 23.1. The molecule has 2 rings (SSSR count). The largest absolute Gasteiger partial charge is 0.478 e. The van der Waals surface area contributed by atoms with E-state index in [2.05, 4.69) is 21.2 Å². The van der Waals surface area contributed by atoms with E-state index in [4.69, 9.17) is 5.11 Å². The molecule has 0 fully saturated rings. The molecule has 4 nitrogen and oxygen atoms in total. The van der Waals surface area contributed by atoms with Crippen LogP contribution in [0.3, 0.4) is 0 Å². The van der Waals surface area contributed by atoms with Crippen molar-refractivity contribution >= 4 is 33.5 Å². The van der Waals surface area contributed by atoms with Crippen molar-refractivity contribution in [1.29, 1.82) is 0 Å². The van der Waals surface area contributed by atoms with Crippen molar-refractivity contribution in [2.75, 3.05) is 5.32 Å². The lowest BCUT2D eigenvalue weighted by molar-refractivity contribution is 0.0695. The molecular weight excluding hydrogens is 341 g/mol. The summed E-state index contributed by atoms with van der Waals surface area (Å²) in [5, 5.41) is 11.5. The minimum absolute atomic E-state index is 0.0857. The van der Waals surface area contributed by atoms with Gasteiger partial charge in [-0.25, -0.2) is 9.18 Å². The van der Waals surface area contributed by atoms with Gasteiger partial charge in [-0.1, -0.05) is 12.1 Å². The van der Waals surface area contributed by atoms with Crippen LogP contribution >= 0.6 is 15.9 Å². The Morgan fingerprint density at radius 2 is 1.90 bits per heavy atom. The predicted octanol–water partition coefficient (Wildman–Crippen LogP) is 3.85. The van der Waals surface area contributed by atoms with Crippen molar-refractivity contribution in [1.82, 2.24) is 0 Å². The van der Waals surface area contributed by atoms with Gasteiger partial charge >= 0.3 is 5.97 Å². The molecule has 21 heavy (non-hydrogen) atoms. The van der Waals surface area contributed by atoms with Crippen molar-refractivity contribution in [3.8, 4) is 0 Å². The van der Waals surface area contributed by atoms with Gasteiger partial charge in [-0.3, -0.25) is 4.79 Å². The number of nitrogens with one attached hydrogen (secondary N) is 1. The third-order valence-corrected chi connectivity index (χ3v) is 3.53. The van der Waals surface area contributed by atoms with Crippen LogP contribution < -0.4 is 5.32 Å². The van der Waals surface area contributed by atoms with Crippen LogP contribution in [0.25, 0.3) is 0 Å². The summed E-state index contributed by atoms with van der Waals surface area (Å²) in [5.74, 6) is -2.40. The van der Waals surface area contributed by atoms with Crippen molar-refractivity contribution in [3.63, 3.8) is 0 Å². The molecule has 1 amide bonds. The standard InChI is InChI=1S/C15H11BrFNO3/c1-8-5-6-9(7-11(8)15(20)21)18-14(19)10-3-2-4-12(16)13(10)17/h2-7H,1H3,(H,18,19)(H,20,21). The van der Waals surface area contributed by atoms with Crippen LogP contribution in [0.15, 0.2) is 40.9 Å². The summed E-state index contributed by atoms with van der Waals surface area (Å²) in [7, 11) is 0. The Balaban J connectivity index is 2.30. The predicted molar refractivity (Wildman–Crippen MR) is 80.2 cm³/mol. The van der Waals surface area contributed by atoms with Crippen molar-refractivity contribution in [3.05, 3.63) is 63.4 Å². The van der Waals surface area contributed by atoms with E-state index in [0.29, 0.717) is 11.3 Å². The molecule has 2 N–H and O–H groups in total. The molecule has 0 radical (unpaired) electrons. The molecule has 0 aliphatic heterocycles. The average Bonchev–Trinajstić information content (AvgIpc) is 2.43. The molecule has 0 aromatic heterocycles. The fraction of sp³-hybridized carbons (Fsp3) is 0.0667. The maximum Gasteiger partial charge on any atom is 0.336 e. The number of carboxylic acids is 1. The fourth-order valence-electron chi connectivity index (χ4n) is 1.81. The SMILES string of the molecule is Cc1ccc(NC(=O)c2cccc(Br)c2F)cc1C(=O)O. The quantitative estimate of drug-likeness (QED) is 0.882. The van der Waals surface area contributed by atoms with E-state index >= 15 is 0 Å². The summed E-state index contributed by atoms with van der Waals surface area (Å²) in [6, 6.07) is 8.86. The highest BCUT2D eigenvalue weighted by Crippen LogP contribution is 2.21. The number of hydrogen-bond donors (Lipinski definition) is 2. The minimum atomic E-state index is -1.09. The number of aryl methyl sites for hydroxylation is 1. The second-order valence-electron chi connectivity index (χ2n) is 4.39. The molecule has 0 saturated carbocycles. The van der Waals surface area contributed by atoms with Gasteiger partial charge in [0, 0.05) is 5.69 Å². The van der Waals surface area contributed by atoms with Crippen LogP contribution in [0.1, 0.15) is 26.3 Å². The maximum atomic E-state index is 13.8. The Hall–Kier alpha value is -2.21. The molecule has 0 saturated heterocycles. The van der Waals surface area contributed by atoms with Crippen LogP contribution in [-0.2, 0) is 0 Å². The zero-order valence-electron chi connectivity index (χ0n) is 11.0. The molecular formula is C15H11BrFNO3. The van der Waals surface area contributed by atoms with E-state index in [0.717, 1.165) is 0 Å². The van der Waals surface area contributed by atoms with Crippen molar-refractivity contribution in [2.45, 2.75) is 6.92 Å². The van der Waals surface area contributed by atoms with E-state index < -0.39 is 17.7 Å². The molecule has 2 aromatic carbocycles. The number of anilines is 1. The van der Waals surface area contributed by atoms with Crippen LogP contribution in [-0.4, -0.2) is 17.0 Å². The molecule has 0 spiro atoms. The Kier molecular flexibility index (Phi) is 4.37. The number of aromatic carboxylic acids is 1. The first-order valence-electron chi connectivity index (χ1n) is 5.99. The molecule has 0 bridgehead atoms. The highest BCUT2D eigenvalue weighted by Gasteiger charge is 2.15. The normalized spacial score (nSPS) is 10.2. The number of amides is 1. The monoisotopic (exact) mass is 351 g/mol. The summed E-state index contributed by atoms with van der Waals surface area (Å²) >= 11 is 3.01. The van der Waals surface area contributed by atoms with Gasteiger partial charge in [0.15, 0.2) is 0 Å². The molecule has 0 unspecified atom stereocenters. The third-order valence-electron chi connectivity index (χ3n) is 2.92. The van der Waals surface area contributed by atoms with Gasteiger partial charge in [0.1, 0.15) is 5.82 Å². The number of carbonyl (C=O) groups excluding carboxylic acids is 1. The van der Waals surface area contributed by atoms with E-state index in [9.17, 15) is 14.0 Å². The molecule has 2 aromatic rings. The number of hydrogen-bond acceptors (Lipinski definition) is 2. The van der Waals surface area contributed by atoms with Gasteiger partial charge in [0.2, 0.25) is 0 Å². The van der Waals surface area contributed by atoms with Gasteiger partial charge < -0.3 is 10.4 Å². The van der Waals surface area contributed by atoms with Gasteiger partial charge in [-0.15, -0.1) is 0 Å². The van der Waals surface area contributed by atoms with Crippen molar-refractivity contribution in [2.24, 2.45) is 0 Å². The number of carbonyl (C=O) groups is 2. The summed E-state index contributed by atoms with van der Waals surface area (Å²) in [5.41, 5.74) is 0.834. The smallest absolute Gasteiger partial charge is 0.336 e. The first-order chi connectivity index (χ1) is 9.90. The van der Waals surface area contributed by atoms with Gasteiger partial charge in [-0.2, -0.15) is 0 Å². The Morgan fingerprint density at radius 1 is 1.19 bits per heavy atom. The second kappa shape index (κ2) is 6.05. The van der Waals surface area contributed by atoms with Crippen molar-refractivity contribution < 1.29 is 19.1 Å². The van der Waals surface area contributed by atoms with Gasteiger partial charge in [0.05, 0.1) is 15.6 Å². The van der Waals surface area contributed by atoms with Gasteiger partial charge in [0.25, 0.3) is 5.91 Å². The highest BCUT2D eigenvalue weighted by atomic mass is 79.9. The molecule has 0 heterocycles. The van der Waals surface area contributed by atoms with E-state index in [1.54, 1.807) is 25.1 Å². The topological polar surface area (TPSA) is 66.4 Å². The molecule has 108 valence electrons. The lowest BCUT2D eigenvalue weighted by Crippen LogP contribution is -2.14. The van der Waals surface area contributed by atoms with E-state index in [-0.39, 0.29) is 15.6 Å². The Bertz CT molecular complexity index is 731. The van der Waals surface area contributed by atoms with Crippen LogP contribution in [0, 0.1) is 12.7 Å². The molecule has 6 heteroatoms. The van der Waals surface area contributed by atoms with Crippen LogP contribution in [0.4, 0.5) is 10.1 Å².